The molecule has 0 aliphatic heterocycles. The van der Waals surface area contributed by atoms with Gasteiger partial charge in [0.15, 0.2) is 0 Å². The second-order valence-electron chi connectivity index (χ2n) is 6.52. The zero-order valence-electron chi connectivity index (χ0n) is 14.6. The lowest BCUT2D eigenvalue weighted by Gasteiger charge is -2.18. The molecule has 0 aliphatic rings. The van der Waals surface area contributed by atoms with E-state index in [-0.39, 0.29) is 0 Å². The monoisotopic (exact) mass is 316 g/mol. The Morgan fingerprint density at radius 1 is 0.783 bits per heavy atom. The van der Waals surface area contributed by atoms with E-state index in [1.165, 1.54) is 57.8 Å². The minimum Gasteiger partial charge on any atom is -0.337 e. The van der Waals surface area contributed by atoms with Crippen LogP contribution in [0.2, 0.25) is 0 Å². The van der Waals surface area contributed by atoms with Gasteiger partial charge in [-0.15, -0.1) is 0 Å². The van der Waals surface area contributed by atoms with Gasteiger partial charge in [0.1, 0.15) is 0 Å². The van der Waals surface area contributed by atoms with Crippen molar-refractivity contribution in [2.75, 3.05) is 0 Å². The Labute approximate surface area is 141 Å². The molecule has 0 amide bonds. The molecular weight excluding hydrogens is 284 g/mol. The van der Waals surface area contributed by atoms with E-state index in [1.54, 1.807) is 0 Å². The van der Waals surface area contributed by atoms with Gasteiger partial charge in [0, 0.05) is 37.4 Å². The van der Waals surface area contributed by atoms with Crippen LogP contribution in [0.5, 0.6) is 0 Å². The summed E-state index contributed by atoms with van der Waals surface area (Å²) >= 11 is 0. The van der Waals surface area contributed by atoms with E-state index in [2.05, 4.69) is 32.2 Å². The van der Waals surface area contributed by atoms with Crippen molar-refractivity contribution < 1.29 is 0 Å². The molecule has 0 bridgehead atoms. The van der Waals surface area contributed by atoms with Crippen LogP contribution in [-0.2, 0) is 6.54 Å². The van der Waals surface area contributed by atoms with Gasteiger partial charge in [0.05, 0.1) is 12.7 Å². The number of rotatable bonds is 13. The van der Waals surface area contributed by atoms with Gasteiger partial charge in [0.2, 0.25) is 0 Å². The lowest BCUT2D eigenvalue weighted by Crippen LogP contribution is -2.10. The fourth-order valence-corrected chi connectivity index (χ4v) is 3.16. The van der Waals surface area contributed by atoms with E-state index < -0.39 is 0 Å². The Morgan fingerprint density at radius 2 is 1.48 bits per heavy atom. The molecule has 0 N–H and O–H groups in total. The van der Waals surface area contributed by atoms with Gasteiger partial charge in [-0.3, -0.25) is 0 Å². The van der Waals surface area contributed by atoms with Crippen molar-refractivity contribution in [3.05, 3.63) is 37.4 Å². The Hall–Kier alpha value is -1.58. The molecule has 2 aromatic rings. The third-order valence-electron chi connectivity index (χ3n) is 4.62. The number of imidazole rings is 2. The molecule has 0 radical (unpaired) electrons. The van der Waals surface area contributed by atoms with Crippen molar-refractivity contribution in [1.82, 2.24) is 19.1 Å². The third kappa shape index (κ3) is 7.02. The van der Waals surface area contributed by atoms with Crippen molar-refractivity contribution >= 4 is 0 Å². The Balaban J connectivity index is 1.64. The molecule has 4 heteroatoms. The maximum atomic E-state index is 4.22. The summed E-state index contributed by atoms with van der Waals surface area (Å²) in [4.78, 5) is 8.34. The number of aromatic nitrogens is 4. The highest BCUT2D eigenvalue weighted by Gasteiger charge is 2.10. The molecule has 0 saturated carbocycles. The van der Waals surface area contributed by atoms with Crippen molar-refractivity contribution in [3.63, 3.8) is 0 Å². The van der Waals surface area contributed by atoms with Crippen LogP contribution in [0.4, 0.5) is 0 Å². The van der Waals surface area contributed by atoms with Crippen LogP contribution in [0, 0.1) is 0 Å². The first kappa shape index (κ1) is 17.8. The summed E-state index contributed by atoms with van der Waals surface area (Å²) in [5.74, 6) is 0. The largest absolute Gasteiger partial charge is 0.337 e. The molecule has 0 spiro atoms. The van der Waals surface area contributed by atoms with Crippen LogP contribution in [0.1, 0.15) is 77.2 Å². The number of unbranched alkanes of at least 4 members (excludes halogenated alkanes) is 7. The lowest BCUT2D eigenvalue weighted by atomic mass is 10.0. The molecular formula is C19H32N4. The molecule has 1 unspecified atom stereocenters. The minimum atomic E-state index is 0.556. The number of aryl methyl sites for hydroxylation is 1. The van der Waals surface area contributed by atoms with E-state index in [0.717, 1.165) is 13.0 Å². The second-order valence-corrected chi connectivity index (χ2v) is 6.52. The van der Waals surface area contributed by atoms with Crippen LogP contribution in [-0.4, -0.2) is 19.1 Å². The maximum Gasteiger partial charge on any atom is 0.0948 e. The van der Waals surface area contributed by atoms with Crippen LogP contribution in [0.15, 0.2) is 37.4 Å². The van der Waals surface area contributed by atoms with E-state index in [9.17, 15) is 0 Å². The molecule has 1 atom stereocenters. The lowest BCUT2D eigenvalue weighted by molar-refractivity contribution is 0.389. The van der Waals surface area contributed by atoms with Gasteiger partial charge in [0.25, 0.3) is 0 Å². The zero-order chi connectivity index (χ0) is 16.2. The topological polar surface area (TPSA) is 35.6 Å². The Morgan fingerprint density at radius 3 is 2.13 bits per heavy atom. The molecule has 0 saturated heterocycles. The number of hydrogen-bond donors (Lipinski definition) is 0. The Bertz CT molecular complexity index is 475. The molecule has 0 aromatic carbocycles. The highest BCUT2D eigenvalue weighted by Crippen LogP contribution is 2.21. The predicted octanol–water partition coefficient (Wildman–Crippen LogP) is 5.24. The summed E-state index contributed by atoms with van der Waals surface area (Å²) < 4.78 is 4.44. The van der Waals surface area contributed by atoms with Gasteiger partial charge < -0.3 is 9.13 Å². The summed E-state index contributed by atoms with van der Waals surface area (Å²) in [7, 11) is 0. The van der Waals surface area contributed by atoms with Crippen LogP contribution >= 0.6 is 0 Å². The molecule has 4 nitrogen and oxygen atoms in total. The summed E-state index contributed by atoms with van der Waals surface area (Å²) in [5.41, 5.74) is 0. The molecule has 2 aromatic heterocycles. The highest BCUT2D eigenvalue weighted by molar-refractivity contribution is 4.82. The van der Waals surface area contributed by atoms with Crippen LogP contribution in [0.25, 0.3) is 0 Å². The predicted molar refractivity (Wildman–Crippen MR) is 95.3 cm³/mol. The van der Waals surface area contributed by atoms with Crippen molar-refractivity contribution in [2.45, 2.75) is 83.7 Å². The summed E-state index contributed by atoms with van der Waals surface area (Å²) in [6.07, 6.45) is 25.2. The first-order chi connectivity index (χ1) is 11.4. The highest BCUT2D eigenvalue weighted by atomic mass is 15.1. The molecule has 23 heavy (non-hydrogen) atoms. The van der Waals surface area contributed by atoms with E-state index in [1.807, 2.05) is 31.2 Å². The maximum absolute atomic E-state index is 4.22. The van der Waals surface area contributed by atoms with E-state index in [0.29, 0.717) is 6.04 Å². The SMILES string of the molecule is CCCCCCCCCCC(CCn1ccnc1)n1ccnc1. The second kappa shape index (κ2) is 11.0. The molecule has 2 heterocycles. The van der Waals surface area contributed by atoms with Gasteiger partial charge in [-0.1, -0.05) is 58.3 Å². The number of hydrogen-bond acceptors (Lipinski definition) is 2. The minimum absolute atomic E-state index is 0.556. The van der Waals surface area contributed by atoms with Crippen LogP contribution in [0.3, 0.4) is 0 Å². The van der Waals surface area contributed by atoms with Gasteiger partial charge in [-0.05, 0) is 12.8 Å². The summed E-state index contributed by atoms with van der Waals surface area (Å²) in [6, 6.07) is 0.556. The van der Waals surface area contributed by atoms with E-state index in [4.69, 9.17) is 0 Å². The van der Waals surface area contributed by atoms with Crippen molar-refractivity contribution in [3.8, 4) is 0 Å². The zero-order valence-corrected chi connectivity index (χ0v) is 14.6. The van der Waals surface area contributed by atoms with Gasteiger partial charge >= 0.3 is 0 Å². The standard InChI is InChI=1S/C19H32N4/c1-2-3-4-5-6-7-8-9-10-19(23-16-13-21-18-23)11-14-22-15-12-20-17-22/h12-13,15-19H,2-11,14H2,1H3. The number of nitrogens with zero attached hydrogens (tertiary/aromatic N) is 4. The average molecular weight is 316 g/mol. The van der Waals surface area contributed by atoms with E-state index >= 15 is 0 Å². The van der Waals surface area contributed by atoms with Gasteiger partial charge in [-0.2, -0.15) is 0 Å². The molecule has 0 fully saturated rings. The third-order valence-corrected chi connectivity index (χ3v) is 4.62. The summed E-state index contributed by atoms with van der Waals surface area (Å²) in [5, 5.41) is 0. The Kier molecular flexibility index (Phi) is 8.52. The molecule has 0 aliphatic carbocycles. The quantitative estimate of drug-likeness (QED) is 0.474. The van der Waals surface area contributed by atoms with Gasteiger partial charge in [-0.25, -0.2) is 9.97 Å². The van der Waals surface area contributed by atoms with Crippen molar-refractivity contribution in [1.29, 1.82) is 0 Å². The van der Waals surface area contributed by atoms with Crippen molar-refractivity contribution in [2.24, 2.45) is 0 Å². The normalized spacial score (nSPS) is 12.6. The fraction of sp³-hybridized carbons (Fsp3) is 0.684. The van der Waals surface area contributed by atoms with Crippen LogP contribution < -0.4 is 0 Å². The smallest absolute Gasteiger partial charge is 0.0948 e. The first-order valence-electron chi connectivity index (χ1n) is 9.33. The first-order valence-corrected chi connectivity index (χ1v) is 9.33. The fourth-order valence-electron chi connectivity index (χ4n) is 3.16. The molecule has 2 rings (SSSR count). The molecule has 128 valence electrons. The average Bonchev–Trinajstić information content (AvgIpc) is 3.26. The summed E-state index contributed by atoms with van der Waals surface area (Å²) in [6.45, 7) is 3.31.